The lowest BCUT2D eigenvalue weighted by Gasteiger charge is -2.15. The highest BCUT2D eigenvalue weighted by Crippen LogP contribution is 2.18. The van der Waals surface area contributed by atoms with E-state index in [1.54, 1.807) is 4.90 Å². The van der Waals surface area contributed by atoms with Crippen LogP contribution in [0.3, 0.4) is 0 Å². The van der Waals surface area contributed by atoms with Crippen LogP contribution in [0.15, 0.2) is 24.3 Å². The highest BCUT2D eigenvalue weighted by molar-refractivity contribution is 5.92. The van der Waals surface area contributed by atoms with Gasteiger partial charge in [-0.05, 0) is 23.6 Å². The van der Waals surface area contributed by atoms with Crippen LogP contribution in [0.25, 0.3) is 0 Å². The number of anilines is 1. The largest absolute Gasteiger partial charge is 0.389 e. The summed E-state index contributed by atoms with van der Waals surface area (Å²) in [5.41, 5.74) is 1.95. The number of amides is 1. The van der Waals surface area contributed by atoms with Gasteiger partial charge in [-0.1, -0.05) is 26.0 Å². The molecule has 1 aromatic carbocycles. The van der Waals surface area contributed by atoms with Crippen molar-refractivity contribution in [2.24, 2.45) is 0 Å². The summed E-state index contributed by atoms with van der Waals surface area (Å²) in [6.07, 6.45) is -1.51. The number of aliphatic hydroxyl groups is 2. The second-order valence-electron chi connectivity index (χ2n) is 5.66. The van der Waals surface area contributed by atoms with Crippen LogP contribution < -0.4 is 5.32 Å². The van der Waals surface area contributed by atoms with Crippen molar-refractivity contribution >= 4 is 11.6 Å². The van der Waals surface area contributed by atoms with Gasteiger partial charge in [0.05, 0.1) is 18.8 Å². The molecule has 1 aliphatic heterocycles. The van der Waals surface area contributed by atoms with E-state index in [0.717, 1.165) is 5.69 Å². The standard InChI is InChI=1S/C15H22N2O3/c1-10(2)11-4-3-5-12(6-11)16-15(20)9-17-7-13(18)14(19)8-17/h3-6,10,13-14,18-19H,7-9H2,1-2H3,(H,16,20). The molecule has 110 valence electrons. The normalized spacial score (nSPS) is 23.2. The topological polar surface area (TPSA) is 72.8 Å². The van der Waals surface area contributed by atoms with E-state index >= 15 is 0 Å². The molecule has 1 saturated heterocycles. The zero-order chi connectivity index (χ0) is 14.7. The van der Waals surface area contributed by atoms with Gasteiger partial charge in [0, 0.05) is 18.8 Å². The maximum absolute atomic E-state index is 11.9. The van der Waals surface area contributed by atoms with Crippen LogP contribution in [0.2, 0.25) is 0 Å². The molecular weight excluding hydrogens is 256 g/mol. The van der Waals surface area contributed by atoms with Crippen LogP contribution in [-0.2, 0) is 4.79 Å². The highest BCUT2D eigenvalue weighted by Gasteiger charge is 2.30. The molecule has 2 rings (SSSR count). The highest BCUT2D eigenvalue weighted by atomic mass is 16.3. The van der Waals surface area contributed by atoms with Crippen molar-refractivity contribution in [1.29, 1.82) is 0 Å². The molecule has 1 heterocycles. The number of β-amino-alcohol motifs (C(OH)–C–C–N with tert-alkyl or cyclic N) is 2. The fourth-order valence-electron chi connectivity index (χ4n) is 2.36. The molecule has 0 bridgehead atoms. The maximum atomic E-state index is 11.9. The number of carbonyl (C=O) groups excluding carboxylic acids is 1. The average molecular weight is 278 g/mol. The average Bonchev–Trinajstić information content (AvgIpc) is 2.68. The lowest BCUT2D eigenvalue weighted by Crippen LogP contribution is -2.32. The Balaban J connectivity index is 1.90. The Morgan fingerprint density at radius 2 is 2.00 bits per heavy atom. The Morgan fingerprint density at radius 3 is 2.60 bits per heavy atom. The fraction of sp³-hybridized carbons (Fsp3) is 0.533. The molecule has 0 spiro atoms. The Morgan fingerprint density at radius 1 is 1.35 bits per heavy atom. The third kappa shape index (κ3) is 3.79. The Hall–Kier alpha value is -1.43. The van der Waals surface area contributed by atoms with Gasteiger partial charge in [0.15, 0.2) is 0 Å². The molecule has 2 atom stereocenters. The first-order chi connectivity index (χ1) is 9.45. The van der Waals surface area contributed by atoms with Gasteiger partial charge in [-0.3, -0.25) is 9.69 Å². The van der Waals surface area contributed by atoms with E-state index in [4.69, 9.17) is 0 Å². The molecule has 0 saturated carbocycles. The van der Waals surface area contributed by atoms with Crippen LogP contribution in [0.5, 0.6) is 0 Å². The summed E-state index contributed by atoms with van der Waals surface area (Å²) in [5, 5.41) is 21.7. The fourth-order valence-corrected chi connectivity index (χ4v) is 2.36. The minimum Gasteiger partial charge on any atom is -0.389 e. The van der Waals surface area contributed by atoms with Crippen molar-refractivity contribution in [3.8, 4) is 0 Å². The minimum atomic E-state index is -0.757. The third-order valence-corrected chi connectivity index (χ3v) is 3.54. The number of benzene rings is 1. The summed E-state index contributed by atoms with van der Waals surface area (Å²) >= 11 is 0. The monoisotopic (exact) mass is 278 g/mol. The van der Waals surface area contributed by atoms with Crippen molar-refractivity contribution in [2.75, 3.05) is 25.0 Å². The molecule has 20 heavy (non-hydrogen) atoms. The summed E-state index contributed by atoms with van der Waals surface area (Å²) in [7, 11) is 0. The number of rotatable bonds is 4. The first-order valence-electron chi connectivity index (χ1n) is 6.94. The quantitative estimate of drug-likeness (QED) is 0.761. The molecular formula is C15H22N2O3. The number of hydrogen-bond acceptors (Lipinski definition) is 4. The molecule has 1 aromatic rings. The Bertz CT molecular complexity index is 466. The van der Waals surface area contributed by atoms with Crippen LogP contribution in [0, 0.1) is 0 Å². The summed E-state index contributed by atoms with van der Waals surface area (Å²) < 4.78 is 0. The summed E-state index contributed by atoms with van der Waals surface area (Å²) in [6.45, 7) is 5.06. The van der Waals surface area contributed by atoms with E-state index in [0.29, 0.717) is 19.0 Å². The van der Waals surface area contributed by atoms with E-state index in [-0.39, 0.29) is 12.5 Å². The summed E-state index contributed by atoms with van der Waals surface area (Å²) in [4.78, 5) is 13.7. The molecule has 0 aliphatic carbocycles. The van der Waals surface area contributed by atoms with Gasteiger partial charge >= 0.3 is 0 Å². The van der Waals surface area contributed by atoms with E-state index in [1.165, 1.54) is 5.56 Å². The number of nitrogens with one attached hydrogen (secondary N) is 1. The first-order valence-corrected chi connectivity index (χ1v) is 6.94. The molecule has 1 amide bonds. The Labute approximate surface area is 119 Å². The van der Waals surface area contributed by atoms with Crippen LogP contribution in [0.1, 0.15) is 25.3 Å². The lowest BCUT2D eigenvalue weighted by molar-refractivity contribution is -0.117. The van der Waals surface area contributed by atoms with Gasteiger partial charge in [0.1, 0.15) is 0 Å². The van der Waals surface area contributed by atoms with Crippen LogP contribution in [0.4, 0.5) is 5.69 Å². The smallest absolute Gasteiger partial charge is 0.238 e. The van der Waals surface area contributed by atoms with E-state index in [1.807, 2.05) is 24.3 Å². The molecule has 5 heteroatoms. The third-order valence-electron chi connectivity index (χ3n) is 3.54. The molecule has 1 aliphatic rings. The van der Waals surface area contributed by atoms with Gasteiger partial charge in [0.25, 0.3) is 0 Å². The summed E-state index contributed by atoms with van der Waals surface area (Å²) in [6, 6.07) is 7.79. The number of carbonyl (C=O) groups is 1. The predicted molar refractivity (Wildman–Crippen MR) is 77.6 cm³/mol. The molecule has 0 radical (unpaired) electrons. The SMILES string of the molecule is CC(C)c1cccc(NC(=O)CN2CC(O)C(O)C2)c1. The van der Waals surface area contributed by atoms with Gasteiger partial charge in [0.2, 0.25) is 5.91 Å². The molecule has 1 fully saturated rings. The van der Waals surface area contributed by atoms with Crippen LogP contribution in [-0.4, -0.2) is 52.9 Å². The second kappa shape index (κ2) is 6.35. The van der Waals surface area contributed by atoms with Gasteiger partial charge in [-0.25, -0.2) is 0 Å². The molecule has 5 nitrogen and oxygen atoms in total. The van der Waals surface area contributed by atoms with Crippen molar-refractivity contribution in [3.05, 3.63) is 29.8 Å². The van der Waals surface area contributed by atoms with Gasteiger partial charge in [-0.15, -0.1) is 0 Å². The second-order valence-corrected chi connectivity index (χ2v) is 5.66. The van der Waals surface area contributed by atoms with Crippen molar-refractivity contribution in [3.63, 3.8) is 0 Å². The maximum Gasteiger partial charge on any atom is 0.238 e. The van der Waals surface area contributed by atoms with E-state index < -0.39 is 12.2 Å². The number of hydrogen-bond donors (Lipinski definition) is 3. The number of aliphatic hydroxyl groups excluding tert-OH is 2. The van der Waals surface area contributed by atoms with Crippen molar-refractivity contribution < 1.29 is 15.0 Å². The predicted octanol–water partition coefficient (Wildman–Crippen LogP) is 0.786. The molecule has 2 unspecified atom stereocenters. The van der Waals surface area contributed by atoms with Gasteiger partial charge < -0.3 is 15.5 Å². The van der Waals surface area contributed by atoms with Crippen molar-refractivity contribution in [1.82, 2.24) is 4.90 Å². The van der Waals surface area contributed by atoms with E-state index in [9.17, 15) is 15.0 Å². The van der Waals surface area contributed by atoms with Crippen molar-refractivity contribution in [2.45, 2.75) is 32.0 Å². The Kier molecular flexibility index (Phi) is 4.75. The van der Waals surface area contributed by atoms with E-state index in [2.05, 4.69) is 19.2 Å². The minimum absolute atomic E-state index is 0.132. The van der Waals surface area contributed by atoms with Crippen LogP contribution >= 0.6 is 0 Å². The number of nitrogens with zero attached hydrogens (tertiary/aromatic N) is 1. The first kappa shape index (κ1) is 15.0. The molecule has 3 N–H and O–H groups in total. The number of likely N-dealkylation sites (tertiary alicyclic amines) is 1. The lowest BCUT2D eigenvalue weighted by atomic mass is 10.0. The zero-order valence-corrected chi connectivity index (χ0v) is 11.9. The zero-order valence-electron chi connectivity index (χ0n) is 11.9. The molecule has 0 aromatic heterocycles. The van der Waals surface area contributed by atoms with Gasteiger partial charge in [-0.2, -0.15) is 0 Å². The summed E-state index contributed by atoms with van der Waals surface area (Å²) in [5.74, 6) is 0.280.